The van der Waals surface area contributed by atoms with Crippen LogP contribution in [0.2, 0.25) is 10.0 Å². The molecule has 0 saturated heterocycles. The third-order valence-corrected chi connectivity index (χ3v) is 7.29. The second-order valence-electron chi connectivity index (χ2n) is 9.46. The highest BCUT2D eigenvalue weighted by atomic mass is 35.5. The molecule has 1 atom stereocenters. The maximum absolute atomic E-state index is 14.2. The molecule has 0 N–H and O–H groups in total. The summed E-state index contributed by atoms with van der Waals surface area (Å²) in [6.45, 7) is 3.33. The summed E-state index contributed by atoms with van der Waals surface area (Å²) >= 11 is 12.3. The van der Waals surface area contributed by atoms with Crippen LogP contribution in [0, 0.1) is 10.1 Å². The van der Waals surface area contributed by atoms with Crippen LogP contribution < -0.4 is 4.90 Å². The second-order valence-corrected chi connectivity index (χ2v) is 10.3. The quantitative estimate of drug-likeness (QED) is 0.193. The predicted octanol–water partition coefficient (Wildman–Crippen LogP) is 6.68. The highest BCUT2D eigenvalue weighted by Crippen LogP contribution is 2.42. The molecular formula is C29H24Cl2N4O4. The molecule has 4 aromatic rings. The molecule has 5 rings (SSSR count). The van der Waals surface area contributed by atoms with Gasteiger partial charge in [0.25, 0.3) is 11.6 Å². The maximum atomic E-state index is 14.2. The SMILES string of the molecule is CC(C)N(CC(=O)N1c2ccccc2-n2cccc2[C@@H]1c1cccc(Cl)c1)C(=O)c1ccc(Cl)c([N+](=O)[O-])c1. The van der Waals surface area contributed by atoms with Gasteiger partial charge in [0, 0.05) is 28.9 Å². The van der Waals surface area contributed by atoms with E-state index in [1.165, 1.54) is 17.0 Å². The van der Waals surface area contributed by atoms with E-state index in [9.17, 15) is 19.7 Å². The molecule has 1 aromatic heterocycles. The molecule has 39 heavy (non-hydrogen) atoms. The molecule has 8 nitrogen and oxygen atoms in total. The molecule has 3 aromatic carbocycles. The van der Waals surface area contributed by atoms with Gasteiger partial charge in [0.15, 0.2) is 0 Å². The van der Waals surface area contributed by atoms with Crippen LogP contribution in [0.25, 0.3) is 5.69 Å². The number of nitro groups is 1. The van der Waals surface area contributed by atoms with Crippen molar-refractivity contribution in [3.8, 4) is 5.69 Å². The summed E-state index contributed by atoms with van der Waals surface area (Å²) in [5.41, 5.74) is 2.92. The van der Waals surface area contributed by atoms with Gasteiger partial charge in [0.2, 0.25) is 5.91 Å². The number of halogens is 2. The minimum Gasteiger partial charge on any atom is -0.327 e. The first-order valence-electron chi connectivity index (χ1n) is 12.3. The zero-order chi connectivity index (χ0) is 27.8. The molecule has 1 aliphatic heterocycles. The predicted molar refractivity (Wildman–Crippen MR) is 151 cm³/mol. The van der Waals surface area contributed by atoms with Gasteiger partial charge in [-0.1, -0.05) is 47.5 Å². The molecule has 2 heterocycles. The highest BCUT2D eigenvalue weighted by molar-refractivity contribution is 6.32. The Kier molecular flexibility index (Phi) is 7.16. The first-order chi connectivity index (χ1) is 18.7. The Bertz CT molecular complexity index is 1600. The summed E-state index contributed by atoms with van der Waals surface area (Å²) in [5, 5.41) is 11.9. The molecule has 2 amide bonds. The van der Waals surface area contributed by atoms with Crippen LogP contribution in [-0.2, 0) is 4.79 Å². The first-order valence-corrected chi connectivity index (χ1v) is 13.0. The number of benzene rings is 3. The zero-order valence-electron chi connectivity index (χ0n) is 21.1. The monoisotopic (exact) mass is 562 g/mol. The fourth-order valence-corrected chi connectivity index (χ4v) is 5.30. The fraction of sp³-hybridized carbons (Fsp3) is 0.172. The highest BCUT2D eigenvalue weighted by Gasteiger charge is 2.37. The molecule has 198 valence electrons. The molecule has 0 saturated carbocycles. The second kappa shape index (κ2) is 10.6. The lowest BCUT2D eigenvalue weighted by Crippen LogP contribution is -2.48. The van der Waals surface area contributed by atoms with Gasteiger partial charge < -0.3 is 9.47 Å². The third-order valence-electron chi connectivity index (χ3n) is 6.73. The molecule has 0 fully saturated rings. The van der Waals surface area contributed by atoms with Crippen molar-refractivity contribution in [2.75, 3.05) is 11.4 Å². The Balaban J connectivity index is 1.56. The molecule has 10 heteroatoms. The molecule has 1 aliphatic rings. The summed E-state index contributed by atoms with van der Waals surface area (Å²) in [6.07, 6.45) is 1.95. The van der Waals surface area contributed by atoms with Gasteiger partial charge in [-0.05, 0) is 67.9 Å². The van der Waals surface area contributed by atoms with Crippen molar-refractivity contribution in [2.45, 2.75) is 25.9 Å². The number of carbonyl (C=O) groups is 2. The van der Waals surface area contributed by atoms with E-state index in [2.05, 4.69) is 0 Å². The number of rotatable bonds is 6. The van der Waals surface area contributed by atoms with Gasteiger partial charge in [0.1, 0.15) is 17.6 Å². The van der Waals surface area contributed by atoms with Crippen LogP contribution in [0.3, 0.4) is 0 Å². The number of para-hydroxylation sites is 2. The van der Waals surface area contributed by atoms with Gasteiger partial charge in [-0.2, -0.15) is 0 Å². The van der Waals surface area contributed by atoms with Gasteiger partial charge in [-0.15, -0.1) is 0 Å². The summed E-state index contributed by atoms with van der Waals surface area (Å²) in [7, 11) is 0. The summed E-state index contributed by atoms with van der Waals surface area (Å²) in [5.74, 6) is -0.823. The van der Waals surface area contributed by atoms with E-state index in [0.717, 1.165) is 23.0 Å². The Labute approximate surface area is 235 Å². The van der Waals surface area contributed by atoms with Crippen LogP contribution in [0.15, 0.2) is 85.1 Å². The summed E-state index contributed by atoms with van der Waals surface area (Å²) in [4.78, 5) is 41.6. The van der Waals surface area contributed by atoms with E-state index in [1.54, 1.807) is 24.8 Å². The Morgan fingerprint density at radius 1 is 0.974 bits per heavy atom. The topological polar surface area (TPSA) is 88.7 Å². The van der Waals surface area contributed by atoms with E-state index >= 15 is 0 Å². The average molecular weight is 563 g/mol. The van der Waals surface area contributed by atoms with Crippen LogP contribution >= 0.6 is 23.2 Å². The van der Waals surface area contributed by atoms with Gasteiger partial charge in [0.05, 0.1) is 22.0 Å². The van der Waals surface area contributed by atoms with Gasteiger partial charge in [-0.25, -0.2) is 0 Å². The average Bonchev–Trinajstić information content (AvgIpc) is 3.40. The molecule has 0 bridgehead atoms. The number of aromatic nitrogens is 1. The van der Waals surface area contributed by atoms with Gasteiger partial charge >= 0.3 is 0 Å². The molecule has 0 aliphatic carbocycles. The number of hydrogen-bond donors (Lipinski definition) is 0. The summed E-state index contributed by atoms with van der Waals surface area (Å²) in [6, 6.07) is 21.8. The first kappa shape index (κ1) is 26.5. The third kappa shape index (κ3) is 4.89. The fourth-order valence-electron chi connectivity index (χ4n) is 4.92. The van der Waals surface area contributed by atoms with E-state index in [0.29, 0.717) is 10.7 Å². The largest absolute Gasteiger partial charge is 0.327 e. The van der Waals surface area contributed by atoms with Crippen LogP contribution in [0.4, 0.5) is 11.4 Å². The van der Waals surface area contributed by atoms with Crippen molar-refractivity contribution < 1.29 is 14.5 Å². The van der Waals surface area contributed by atoms with Crippen LogP contribution in [-0.4, -0.2) is 38.8 Å². The smallest absolute Gasteiger partial charge is 0.288 e. The molecule has 0 radical (unpaired) electrons. The number of hydrogen-bond acceptors (Lipinski definition) is 4. The number of fused-ring (bicyclic) bond motifs is 3. The molecule has 0 unspecified atom stereocenters. The Morgan fingerprint density at radius 3 is 2.41 bits per heavy atom. The van der Waals surface area contributed by atoms with Gasteiger partial charge in [-0.3, -0.25) is 24.6 Å². The minimum absolute atomic E-state index is 0.0685. The number of amides is 2. The number of anilines is 1. The number of nitrogens with zero attached hydrogens (tertiary/aromatic N) is 4. The number of carbonyl (C=O) groups excluding carboxylic acids is 2. The standard InChI is InChI=1S/C29H24Cl2N4O4/c1-18(2)33(29(37)20-12-13-22(31)26(16-20)35(38)39)17-27(36)34-24-10-4-3-9-23(24)32-14-6-11-25(32)28(34)19-7-5-8-21(30)15-19/h3-16,18,28H,17H2,1-2H3/t28-/m0/s1. The zero-order valence-corrected chi connectivity index (χ0v) is 22.6. The lowest BCUT2D eigenvalue weighted by molar-refractivity contribution is -0.384. The number of nitro benzene ring substituents is 1. The van der Waals surface area contributed by atoms with Crippen molar-refractivity contribution in [2.24, 2.45) is 0 Å². The van der Waals surface area contributed by atoms with Crippen molar-refractivity contribution >= 4 is 46.4 Å². The molecule has 0 spiro atoms. The van der Waals surface area contributed by atoms with Crippen LogP contribution in [0.5, 0.6) is 0 Å². The summed E-state index contributed by atoms with van der Waals surface area (Å²) < 4.78 is 2.04. The lowest BCUT2D eigenvalue weighted by Gasteiger charge is -2.40. The minimum atomic E-state index is -0.640. The maximum Gasteiger partial charge on any atom is 0.288 e. The molecular weight excluding hydrogens is 539 g/mol. The van der Waals surface area contributed by atoms with Crippen molar-refractivity contribution in [1.82, 2.24) is 9.47 Å². The van der Waals surface area contributed by atoms with Crippen molar-refractivity contribution in [3.05, 3.63) is 122 Å². The van der Waals surface area contributed by atoms with Crippen molar-refractivity contribution in [3.63, 3.8) is 0 Å². The van der Waals surface area contributed by atoms with Crippen molar-refractivity contribution in [1.29, 1.82) is 0 Å². The lowest BCUT2D eigenvalue weighted by atomic mass is 9.97. The Morgan fingerprint density at radius 2 is 1.72 bits per heavy atom. The van der Waals surface area contributed by atoms with E-state index in [-0.39, 0.29) is 34.8 Å². The van der Waals surface area contributed by atoms with E-state index in [4.69, 9.17) is 23.2 Å². The normalized spacial score (nSPS) is 14.1. The van der Waals surface area contributed by atoms with E-state index < -0.39 is 16.9 Å². The Hall–Kier alpha value is -4.14. The van der Waals surface area contributed by atoms with Crippen LogP contribution in [0.1, 0.15) is 41.5 Å². The van der Waals surface area contributed by atoms with E-state index in [1.807, 2.05) is 65.4 Å².